The van der Waals surface area contributed by atoms with Crippen molar-refractivity contribution in [3.63, 3.8) is 0 Å². The summed E-state index contributed by atoms with van der Waals surface area (Å²) in [6.45, 7) is 2.18. The number of para-hydroxylation sites is 1. The predicted octanol–water partition coefficient (Wildman–Crippen LogP) is 3.44. The summed E-state index contributed by atoms with van der Waals surface area (Å²) in [5, 5.41) is 22.0. The van der Waals surface area contributed by atoms with Crippen LogP contribution >= 0.6 is 0 Å². The summed E-state index contributed by atoms with van der Waals surface area (Å²) in [6.07, 6.45) is 0.607. The summed E-state index contributed by atoms with van der Waals surface area (Å²) < 4.78 is 5.40. The first kappa shape index (κ1) is 20.1. The fourth-order valence-corrected chi connectivity index (χ4v) is 3.49. The number of aliphatic hydroxyl groups excluding tert-OH is 1. The molecule has 3 rings (SSSR count). The molecule has 1 N–H and O–H groups in total. The zero-order valence-electron chi connectivity index (χ0n) is 16.0. The predicted molar refractivity (Wildman–Crippen MR) is 105 cm³/mol. The largest absolute Gasteiger partial charge is 0.507 e. The summed E-state index contributed by atoms with van der Waals surface area (Å²) in [5.74, 6) is -1.56. The molecule has 8 heteroatoms. The molecule has 1 aliphatic rings. The molecule has 0 aliphatic carbocycles. The Morgan fingerprint density at radius 3 is 2.59 bits per heavy atom. The number of nitrogens with zero attached hydrogens (tertiary/aromatic N) is 2. The highest BCUT2D eigenvalue weighted by Gasteiger charge is 2.46. The molecule has 2 aromatic rings. The minimum atomic E-state index is -0.856. The van der Waals surface area contributed by atoms with E-state index in [9.17, 15) is 24.8 Å². The maximum Gasteiger partial charge on any atom is 0.295 e. The zero-order chi connectivity index (χ0) is 21.1. The fourth-order valence-electron chi connectivity index (χ4n) is 3.49. The normalized spacial score (nSPS) is 18.1. The number of carbonyl (C=O) groups is 2. The molecular formula is C21H20N2O6. The monoisotopic (exact) mass is 396 g/mol. The van der Waals surface area contributed by atoms with E-state index in [4.69, 9.17) is 4.74 Å². The summed E-state index contributed by atoms with van der Waals surface area (Å²) in [7, 11) is 1.48. The van der Waals surface area contributed by atoms with Gasteiger partial charge in [0, 0.05) is 29.8 Å². The fraction of sp³-hybridized carbons (Fsp3) is 0.238. The number of amides is 1. The van der Waals surface area contributed by atoms with Gasteiger partial charge in [0.2, 0.25) is 0 Å². The highest BCUT2D eigenvalue weighted by Crippen LogP contribution is 2.42. The first-order valence-electron chi connectivity index (χ1n) is 9.06. The average Bonchev–Trinajstić information content (AvgIpc) is 2.98. The quantitative estimate of drug-likeness (QED) is 0.263. The minimum absolute atomic E-state index is 0.0913. The highest BCUT2D eigenvalue weighted by molar-refractivity contribution is 6.46. The lowest BCUT2D eigenvalue weighted by Crippen LogP contribution is -2.30. The first-order valence-corrected chi connectivity index (χ1v) is 9.06. The van der Waals surface area contributed by atoms with E-state index in [1.54, 1.807) is 24.3 Å². The number of aliphatic hydroxyl groups is 1. The van der Waals surface area contributed by atoms with Gasteiger partial charge in [-0.25, -0.2) is 0 Å². The molecule has 0 aromatic heterocycles. The van der Waals surface area contributed by atoms with E-state index in [0.717, 1.165) is 0 Å². The third-order valence-electron chi connectivity index (χ3n) is 4.77. The van der Waals surface area contributed by atoms with Crippen LogP contribution in [-0.2, 0) is 9.59 Å². The Balaban J connectivity index is 2.24. The first-order chi connectivity index (χ1) is 13.9. The van der Waals surface area contributed by atoms with E-state index in [0.29, 0.717) is 24.3 Å². The van der Waals surface area contributed by atoms with Gasteiger partial charge in [-0.2, -0.15) is 0 Å². The Bertz CT molecular complexity index is 1010. The van der Waals surface area contributed by atoms with Crippen molar-refractivity contribution in [1.29, 1.82) is 0 Å². The van der Waals surface area contributed by atoms with Gasteiger partial charge in [-0.05, 0) is 12.5 Å². The number of nitro groups is 1. The van der Waals surface area contributed by atoms with E-state index in [2.05, 4.69) is 0 Å². The van der Waals surface area contributed by atoms with Crippen LogP contribution in [0, 0.1) is 10.1 Å². The maximum absolute atomic E-state index is 12.8. The molecular weight excluding hydrogens is 376 g/mol. The zero-order valence-corrected chi connectivity index (χ0v) is 16.0. The molecule has 0 spiro atoms. The number of rotatable bonds is 6. The van der Waals surface area contributed by atoms with Gasteiger partial charge in [-0.1, -0.05) is 37.3 Å². The molecule has 1 unspecified atom stereocenters. The summed E-state index contributed by atoms with van der Waals surface area (Å²) in [6, 6.07) is 11.4. The summed E-state index contributed by atoms with van der Waals surface area (Å²) >= 11 is 0. The maximum atomic E-state index is 12.8. The Morgan fingerprint density at radius 2 is 1.93 bits per heavy atom. The number of hydrogen-bond donors (Lipinski definition) is 1. The number of hydrogen-bond acceptors (Lipinski definition) is 6. The second-order valence-corrected chi connectivity index (χ2v) is 6.54. The molecule has 0 saturated carbocycles. The van der Waals surface area contributed by atoms with Crippen LogP contribution in [0.25, 0.3) is 5.76 Å². The number of carbonyl (C=O) groups excluding carboxylic acids is 2. The molecule has 2 aromatic carbocycles. The average molecular weight is 396 g/mol. The number of ether oxygens (including phenoxy) is 1. The molecule has 8 nitrogen and oxygen atoms in total. The molecule has 1 atom stereocenters. The number of likely N-dealkylation sites (tertiary alicyclic amines) is 1. The van der Waals surface area contributed by atoms with E-state index in [1.807, 2.05) is 6.92 Å². The van der Waals surface area contributed by atoms with Crippen LogP contribution in [0.2, 0.25) is 0 Å². The topological polar surface area (TPSA) is 110 Å². The van der Waals surface area contributed by atoms with Crippen molar-refractivity contribution in [3.8, 4) is 5.75 Å². The number of nitro benzene ring substituents is 1. The van der Waals surface area contributed by atoms with Gasteiger partial charge in [0.1, 0.15) is 11.5 Å². The van der Waals surface area contributed by atoms with Crippen LogP contribution in [0.15, 0.2) is 54.1 Å². The van der Waals surface area contributed by atoms with Crippen molar-refractivity contribution >= 4 is 23.1 Å². The van der Waals surface area contributed by atoms with Gasteiger partial charge in [0.25, 0.3) is 17.4 Å². The van der Waals surface area contributed by atoms with Gasteiger partial charge in [-0.3, -0.25) is 19.7 Å². The van der Waals surface area contributed by atoms with Crippen molar-refractivity contribution in [3.05, 3.63) is 75.3 Å². The van der Waals surface area contributed by atoms with E-state index >= 15 is 0 Å². The van der Waals surface area contributed by atoms with Crippen molar-refractivity contribution in [2.45, 2.75) is 19.4 Å². The Labute approximate surface area is 167 Å². The third-order valence-corrected chi connectivity index (χ3v) is 4.77. The molecule has 1 heterocycles. The van der Waals surface area contributed by atoms with Crippen LogP contribution in [0.1, 0.15) is 30.5 Å². The van der Waals surface area contributed by atoms with Gasteiger partial charge in [-0.15, -0.1) is 0 Å². The highest BCUT2D eigenvalue weighted by atomic mass is 16.6. The molecule has 0 radical (unpaired) electrons. The lowest BCUT2D eigenvalue weighted by molar-refractivity contribution is -0.384. The number of ketones is 1. The molecule has 1 amide bonds. The standard InChI is InChI=1S/C21H20N2O6/c1-3-11-22-18(15-9-4-5-10-16(15)29-2)17(20(25)21(22)26)19(24)13-7-6-8-14(12-13)23(27)28/h4-10,12,18,24H,3,11H2,1-2H3/b19-17+. The van der Waals surface area contributed by atoms with Gasteiger partial charge in [0.15, 0.2) is 0 Å². The minimum Gasteiger partial charge on any atom is -0.507 e. The van der Waals surface area contributed by atoms with E-state index in [1.165, 1.54) is 36.3 Å². The van der Waals surface area contributed by atoms with Crippen LogP contribution in [0.3, 0.4) is 0 Å². The molecule has 29 heavy (non-hydrogen) atoms. The van der Waals surface area contributed by atoms with Crippen molar-refractivity contribution in [1.82, 2.24) is 4.90 Å². The molecule has 150 valence electrons. The van der Waals surface area contributed by atoms with E-state index in [-0.39, 0.29) is 16.8 Å². The van der Waals surface area contributed by atoms with Gasteiger partial charge in [0.05, 0.1) is 23.6 Å². The lowest BCUT2D eigenvalue weighted by atomic mass is 9.94. The molecule has 1 aliphatic heterocycles. The summed E-state index contributed by atoms with van der Waals surface area (Å²) in [4.78, 5) is 37.4. The number of benzene rings is 2. The Kier molecular flexibility index (Phi) is 5.63. The Hall–Kier alpha value is -3.68. The van der Waals surface area contributed by atoms with Gasteiger partial charge < -0.3 is 14.7 Å². The number of methoxy groups -OCH3 is 1. The SMILES string of the molecule is CCCN1C(=O)C(=O)/C(=C(/O)c2cccc([N+](=O)[O-])c2)C1c1ccccc1OC. The van der Waals surface area contributed by atoms with Crippen molar-refractivity contribution < 1.29 is 24.4 Å². The Morgan fingerprint density at radius 1 is 1.21 bits per heavy atom. The third kappa shape index (κ3) is 3.56. The van der Waals surface area contributed by atoms with Crippen LogP contribution in [0.4, 0.5) is 5.69 Å². The second kappa shape index (κ2) is 8.14. The van der Waals surface area contributed by atoms with Gasteiger partial charge >= 0.3 is 0 Å². The molecule has 1 fully saturated rings. The van der Waals surface area contributed by atoms with Crippen LogP contribution < -0.4 is 4.74 Å². The smallest absolute Gasteiger partial charge is 0.295 e. The lowest BCUT2D eigenvalue weighted by Gasteiger charge is -2.26. The second-order valence-electron chi connectivity index (χ2n) is 6.54. The van der Waals surface area contributed by atoms with E-state index < -0.39 is 28.4 Å². The summed E-state index contributed by atoms with van der Waals surface area (Å²) in [5.41, 5.74) is 0.294. The molecule has 0 bridgehead atoms. The van der Waals surface area contributed by atoms with Crippen LogP contribution in [-0.4, -0.2) is 40.3 Å². The number of Topliss-reactive ketones (excluding diaryl/α,β-unsaturated/α-hetero) is 1. The van der Waals surface area contributed by atoms with Crippen molar-refractivity contribution in [2.24, 2.45) is 0 Å². The molecule has 1 saturated heterocycles. The number of non-ortho nitro benzene ring substituents is 1. The van der Waals surface area contributed by atoms with Crippen molar-refractivity contribution in [2.75, 3.05) is 13.7 Å². The van der Waals surface area contributed by atoms with Crippen LogP contribution in [0.5, 0.6) is 5.75 Å².